The highest BCUT2D eigenvalue weighted by Gasteiger charge is 2.21. The summed E-state index contributed by atoms with van der Waals surface area (Å²) in [5.74, 6) is 1.92. The maximum Gasteiger partial charge on any atom is 0.224 e. The molecule has 5 nitrogen and oxygen atoms in total. The molecule has 1 aliphatic heterocycles. The second kappa shape index (κ2) is 6.68. The van der Waals surface area contributed by atoms with Gasteiger partial charge in [-0.05, 0) is 17.7 Å². The van der Waals surface area contributed by atoms with E-state index >= 15 is 0 Å². The van der Waals surface area contributed by atoms with E-state index in [9.17, 15) is 4.79 Å². The standard InChI is InChI=1S/C22H18O5/c1-24-19-9-14-17(11-16(19)23)27-18-12-21(26-3)20(25-2)10-15(18)22(14)13-7-5-4-6-8-13/h4-12H,1-3H3. The molecule has 0 fully saturated rings. The summed E-state index contributed by atoms with van der Waals surface area (Å²) in [5.41, 5.74) is 3.09. The molecule has 0 radical (unpaired) electrons. The van der Waals surface area contributed by atoms with Gasteiger partial charge in [0.05, 0.1) is 21.3 Å². The first-order valence-electron chi connectivity index (χ1n) is 8.42. The summed E-state index contributed by atoms with van der Waals surface area (Å²) in [5, 5.41) is 0.854. The van der Waals surface area contributed by atoms with Crippen LogP contribution in [0.4, 0.5) is 0 Å². The molecule has 0 bridgehead atoms. The molecule has 2 aromatic carbocycles. The number of benzene rings is 3. The Hall–Kier alpha value is -3.47. The lowest BCUT2D eigenvalue weighted by atomic mass is 9.93. The third kappa shape index (κ3) is 2.77. The van der Waals surface area contributed by atoms with Gasteiger partial charge in [-0.15, -0.1) is 0 Å². The summed E-state index contributed by atoms with van der Waals surface area (Å²) in [7, 11) is 4.65. The highest BCUT2D eigenvalue weighted by atomic mass is 16.5. The van der Waals surface area contributed by atoms with Crippen LogP contribution in [0.3, 0.4) is 0 Å². The Labute approximate surface area is 156 Å². The zero-order valence-electron chi connectivity index (χ0n) is 15.2. The van der Waals surface area contributed by atoms with E-state index in [0.717, 1.165) is 22.1 Å². The Kier molecular flexibility index (Phi) is 4.20. The minimum Gasteiger partial charge on any atom is -0.493 e. The van der Waals surface area contributed by atoms with Crippen molar-refractivity contribution in [1.29, 1.82) is 0 Å². The largest absolute Gasteiger partial charge is 0.493 e. The highest BCUT2D eigenvalue weighted by Crippen LogP contribution is 2.44. The van der Waals surface area contributed by atoms with Crippen LogP contribution >= 0.6 is 0 Å². The molecule has 136 valence electrons. The quantitative estimate of drug-likeness (QED) is 0.497. The van der Waals surface area contributed by atoms with Gasteiger partial charge in [0.2, 0.25) is 5.43 Å². The summed E-state index contributed by atoms with van der Waals surface area (Å²) < 4.78 is 22.1. The molecule has 0 aromatic heterocycles. The van der Waals surface area contributed by atoms with Crippen molar-refractivity contribution in [3.8, 4) is 39.7 Å². The zero-order valence-corrected chi connectivity index (χ0v) is 15.2. The molecule has 2 aromatic rings. The average molecular weight is 362 g/mol. The van der Waals surface area contributed by atoms with Crippen LogP contribution in [0, 0.1) is 0 Å². The number of methoxy groups -OCH3 is 3. The Morgan fingerprint density at radius 2 is 1.44 bits per heavy atom. The van der Waals surface area contributed by atoms with Crippen molar-refractivity contribution < 1.29 is 18.6 Å². The van der Waals surface area contributed by atoms with Gasteiger partial charge in [-0.25, -0.2) is 0 Å². The topological polar surface area (TPSA) is 57.9 Å². The van der Waals surface area contributed by atoms with Crippen molar-refractivity contribution in [3.63, 3.8) is 0 Å². The van der Waals surface area contributed by atoms with Crippen LogP contribution in [0.5, 0.6) is 17.2 Å². The number of fused-ring (bicyclic) bond motifs is 2. The monoisotopic (exact) mass is 362 g/mol. The van der Waals surface area contributed by atoms with Crippen molar-refractivity contribution in [3.05, 3.63) is 64.8 Å². The van der Waals surface area contributed by atoms with Crippen molar-refractivity contribution in [1.82, 2.24) is 0 Å². The Balaban J connectivity index is 2.20. The predicted molar refractivity (Wildman–Crippen MR) is 104 cm³/mol. The third-order valence-electron chi connectivity index (χ3n) is 4.57. The fourth-order valence-corrected chi connectivity index (χ4v) is 3.30. The molecule has 0 unspecified atom stereocenters. The minimum absolute atomic E-state index is 0.229. The van der Waals surface area contributed by atoms with Crippen molar-refractivity contribution in [2.45, 2.75) is 0 Å². The maximum atomic E-state index is 12.2. The molecule has 0 amide bonds. The smallest absolute Gasteiger partial charge is 0.224 e. The van der Waals surface area contributed by atoms with Gasteiger partial charge in [-0.1, -0.05) is 30.3 Å². The van der Waals surface area contributed by atoms with Crippen LogP contribution in [0.15, 0.2) is 63.8 Å². The van der Waals surface area contributed by atoms with Gasteiger partial charge in [-0.3, -0.25) is 4.79 Å². The van der Waals surface area contributed by atoms with E-state index in [4.69, 9.17) is 18.6 Å². The third-order valence-corrected chi connectivity index (χ3v) is 4.57. The summed E-state index contributed by atoms with van der Waals surface area (Å²) in [6.45, 7) is 0. The minimum atomic E-state index is -0.229. The molecule has 27 heavy (non-hydrogen) atoms. The SMILES string of the molecule is COc1cc2oc3cc(=O)c(OC)cc-3c(-c3ccccc3)c2cc1OC. The zero-order chi connectivity index (χ0) is 19.0. The number of hydrogen-bond acceptors (Lipinski definition) is 5. The second-order valence-electron chi connectivity index (χ2n) is 6.05. The van der Waals surface area contributed by atoms with Crippen LogP contribution in [0.25, 0.3) is 33.4 Å². The molecule has 5 heteroatoms. The lowest BCUT2D eigenvalue weighted by molar-refractivity contribution is 0.355. The van der Waals surface area contributed by atoms with Crippen LogP contribution in [0.2, 0.25) is 0 Å². The predicted octanol–water partition coefficient (Wildman–Crippen LogP) is 4.59. The molecule has 1 aliphatic carbocycles. The van der Waals surface area contributed by atoms with Gasteiger partial charge in [0.25, 0.3) is 0 Å². The van der Waals surface area contributed by atoms with Gasteiger partial charge >= 0.3 is 0 Å². The first-order chi connectivity index (χ1) is 13.2. The summed E-state index contributed by atoms with van der Waals surface area (Å²) in [6, 6.07) is 16.8. The number of rotatable bonds is 4. The number of ether oxygens (including phenoxy) is 3. The fourth-order valence-electron chi connectivity index (χ4n) is 3.30. The Morgan fingerprint density at radius 3 is 2.11 bits per heavy atom. The van der Waals surface area contributed by atoms with Crippen LogP contribution < -0.4 is 19.6 Å². The van der Waals surface area contributed by atoms with Crippen LogP contribution in [-0.2, 0) is 0 Å². The molecule has 0 atom stereocenters. The Bertz CT molecular complexity index is 1140. The van der Waals surface area contributed by atoms with Crippen LogP contribution in [-0.4, -0.2) is 21.3 Å². The molecule has 0 saturated heterocycles. The summed E-state index contributed by atoms with van der Waals surface area (Å²) in [4.78, 5) is 12.2. The Morgan fingerprint density at radius 1 is 0.778 bits per heavy atom. The number of hydrogen-bond donors (Lipinski definition) is 0. The molecule has 4 rings (SSSR count). The molecular formula is C22H18O5. The lowest BCUT2D eigenvalue weighted by Crippen LogP contribution is -2.06. The van der Waals surface area contributed by atoms with Crippen LogP contribution in [0.1, 0.15) is 0 Å². The summed E-state index contributed by atoms with van der Waals surface area (Å²) >= 11 is 0. The molecular weight excluding hydrogens is 344 g/mol. The summed E-state index contributed by atoms with van der Waals surface area (Å²) in [6.07, 6.45) is 0. The van der Waals surface area contributed by atoms with E-state index in [2.05, 4.69) is 0 Å². The van der Waals surface area contributed by atoms with Crippen molar-refractivity contribution in [2.75, 3.05) is 21.3 Å². The van der Waals surface area contributed by atoms with Crippen molar-refractivity contribution >= 4 is 11.0 Å². The van der Waals surface area contributed by atoms with E-state index in [0.29, 0.717) is 22.8 Å². The fraction of sp³-hybridized carbons (Fsp3) is 0.136. The van der Waals surface area contributed by atoms with E-state index in [1.807, 2.05) is 36.4 Å². The first-order valence-corrected chi connectivity index (χ1v) is 8.42. The molecule has 2 aliphatic rings. The van der Waals surface area contributed by atoms with Crippen molar-refractivity contribution in [2.24, 2.45) is 0 Å². The van der Waals surface area contributed by atoms with Gasteiger partial charge in [0.15, 0.2) is 17.2 Å². The average Bonchev–Trinajstić information content (AvgIpc) is 2.71. The molecule has 0 N–H and O–H groups in total. The van der Waals surface area contributed by atoms with E-state index in [1.54, 1.807) is 26.4 Å². The van der Waals surface area contributed by atoms with E-state index < -0.39 is 0 Å². The van der Waals surface area contributed by atoms with Gasteiger partial charge in [0, 0.05) is 28.6 Å². The first kappa shape index (κ1) is 17.0. The van der Waals surface area contributed by atoms with Gasteiger partial charge in [0.1, 0.15) is 11.3 Å². The van der Waals surface area contributed by atoms with E-state index in [1.165, 1.54) is 13.2 Å². The molecule has 0 saturated carbocycles. The maximum absolute atomic E-state index is 12.2. The molecule has 1 heterocycles. The molecule has 0 spiro atoms. The second-order valence-corrected chi connectivity index (χ2v) is 6.05. The highest BCUT2D eigenvalue weighted by molar-refractivity contribution is 6.03. The van der Waals surface area contributed by atoms with Gasteiger partial charge in [-0.2, -0.15) is 0 Å². The van der Waals surface area contributed by atoms with E-state index in [-0.39, 0.29) is 11.2 Å². The lowest BCUT2D eigenvalue weighted by Gasteiger charge is -2.17. The normalized spacial score (nSPS) is 10.9. The van der Waals surface area contributed by atoms with Gasteiger partial charge < -0.3 is 18.6 Å².